The molecule has 1 atom stereocenters. The van der Waals surface area contributed by atoms with Gasteiger partial charge in [-0.1, -0.05) is 78.9 Å². The fraction of sp³-hybridized carbons (Fsp3) is 0.0345. The maximum absolute atomic E-state index is 13.5. The van der Waals surface area contributed by atoms with Crippen molar-refractivity contribution in [2.75, 3.05) is 0 Å². The van der Waals surface area contributed by atoms with Gasteiger partial charge in [-0.25, -0.2) is 9.78 Å². The van der Waals surface area contributed by atoms with Gasteiger partial charge in [-0.15, -0.1) is 0 Å². The van der Waals surface area contributed by atoms with E-state index in [0.717, 1.165) is 5.56 Å². The Hall–Kier alpha value is -4.64. The zero-order valence-electron chi connectivity index (χ0n) is 18.2. The van der Waals surface area contributed by atoms with Crippen molar-refractivity contribution in [2.45, 2.75) is 6.10 Å². The molecule has 0 saturated carbocycles. The van der Waals surface area contributed by atoms with E-state index in [1.165, 1.54) is 0 Å². The quantitative estimate of drug-likeness (QED) is 0.235. The van der Waals surface area contributed by atoms with Crippen molar-refractivity contribution < 1.29 is 14.3 Å². The molecule has 0 amide bonds. The van der Waals surface area contributed by atoms with E-state index in [1.807, 2.05) is 60.7 Å². The molecule has 0 aliphatic heterocycles. The van der Waals surface area contributed by atoms with Crippen LogP contribution in [0.1, 0.15) is 32.4 Å². The molecule has 0 aliphatic carbocycles. The van der Waals surface area contributed by atoms with Gasteiger partial charge in [-0.2, -0.15) is 0 Å². The fourth-order valence-corrected chi connectivity index (χ4v) is 3.83. The second-order valence-corrected chi connectivity index (χ2v) is 7.74. The Balaban J connectivity index is 1.57. The number of hydrogen-bond acceptors (Lipinski definition) is 5. The molecule has 5 aromatic rings. The lowest BCUT2D eigenvalue weighted by atomic mass is 9.99. The summed E-state index contributed by atoms with van der Waals surface area (Å²) in [6.07, 6.45) is 2.29. The molecule has 0 fully saturated rings. The molecule has 2 aromatic heterocycles. The molecule has 3 aromatic carbocycles. The molecular formula is C29H20N2O3. The molecule has 0 bridgehead atoms. The van der Waals surface area contributed by atoms with Crippen LogP contribution in [0, 0.1) is 0 Å². The number of hydrogen-bond donors (Lipinski definition) is 0. The van der Waals surface area contributed by atoms with E-state index in [0.29, 0.717) is 33.3 Å². The van der Waals surface area contributed by atoms with Crippen molar-refractivity contribution in [3.8, 4) is 11.3 Å². The third kappa shape index (κ3) is 4.32. The number of ketones is 1. The normalized spacial score (nSPS) is 11.6. The highest BCUT2D eigenvalue weighted by Gasteiger charge is 2.27. The van der Waals surface area contributed by atoms with E-state index in [9.17, 15) is 9.59 Å². The molecule has 0 saturated heterocycles. The van der Waals surface area contributed by atoms with Crippen LogP contribution in [0.2, 0.25) is 0 Å². The summed E-state index contributed by atoms with van der Waals surface area (Å²) in [5.41, 5.74) is 3.45. The summed E-state index contributed by atoms with van der Waals surface area (Å²) >= 11 is 0. The number of nitrogens with zero attached hydrogens (tertiary/aromatic N) is 2. The van der Waals surface area contributed by atoms with E-state index in [1.54, 1.807) is 54.9 Å². The summed E-state index contributed by atoms with van der Waals surface area (Å²) in [7, 11) is 0. The standard InChI is InChI=1S/C29H20N2O3/c32-27(20-10-3-1-4-11-20)28(21-12-5-2-6-13-21)34-29(33)24-18-26(22-14-9-17-30-19-22)31-25-16-8-7-15-23(24)25/h1-19,28H. The Morgan fingerprint density at radius 2 is 1.47 bits per heavy atom. The summed E-state index contributed by atoms with van der Waals surface area (Å²) in [6, 6.07) is 30.6. The predicted octanol–water partition coefficient (Wildman–Crippen LogP) is 6.08. The molecule has 5 rings (SSSR count). The number of benzene rings is 3. The largest absolute Gasteiger partial charge is 0.445 e. The van der Waals surface area contributed by atoms with Gasteiger partial charge < -0.3 is 4.74 Å². The van der Waals surface area contributed by atoms with Gasteiger partial charge in [0.25, 0.3) is 0 Å². The molecule has 5 heteroatoms. The number of rotatable bonds is 6. The van der Waals surface area contributed by atoms with Crippen LogP contribution in [0.15, 0.2) is 116 Å². The summed E-state index contributed by atoms with van der Waals surface area (Å²) < 4.78 is 5.91. The summed E-state index contributed by atoms with van der Waals surface area (Å²) in [5, 5.41) is 0.652. The first-order valence-corrected chi connectivity index (χ1v) is 10.9. The van der Waals surface area contributed by atoms with Gasteiger partial charge in [0.05, 0.1) is 16.8 Å². The predicted molar refractivity (Wildman–Crippen MR) is 130 cm³/mol. The van der Waals surface area contributed by atoms with Gasteiger partial charge in [0.1, 0.15) is 0 Å². The van der Waals surface area contributed by atoms with Crippen LogP contribution < -0.4 is 0 Å². The average molecular weight is 444 g/mol. The molecule has 2 heterocycles. The van der Waals surface area contributed by atoms with E-state index >= 15 is 0 Å². The van der Waals surface area contributed by atoms with Crippen molar-refractivity contribution in [2.24, 2.45) is 0 Å². The molecule has 34 heavy (non-hydrogen) atoms. The number of carbonyl (C=O) groups excluding carboxylic acids is 2. The molecule has 0 spiro atoms. The van der Waals surface area contributed by atoms with Crippen molar-refractivity contribution in [1.29, 1.82) is 0 Å². The maximum atomic E-state index is 13.5. The Kier molecular flexibility index (Phi) is 5.91. The molecule has 1 unspecified atom stereocenters. The Bertz CT molecular complexity index is 1450. The molecular weight excluding hydrogens is 424 g/mol. The molecule has 0 N–H and O–H groups in total. The van der Waals surface area contributed by atoms with E-state index < -0.39 is 12.1 Å². The minimum Gasteiger partial charge on any atom is -0.445 e. The highest BCUT2D eigenvalue weighted by atomic mass is 16.5. The Labute approximate surface area is 196 Å². The molecule has 164 valence electrons. The van der Waals surface area contributed by atoms with E-state index in [-0.39, 0.29) is 5.78 Å². The lowest BCUT2D eigenvalue weighted by molar-refractivity contribution is 0.0282. The second kappa shape index (κ2) is 9.46. The number of esters is 1. The van der Waals surface area contributed by atoms with Gasteiger partial charge in [0, 0.05) is 34.5 Å². The van der Waals surface area contributed by atoms with Crippen LogP contribution in [0.25, 0.3) is 22.2 Å². The minimum absolute atomic E-state index is 0.286. The summed E-state index contributed by atoms with van der Waals surface area (Å²) in [5.74, 6) is -0.882. The second-order valence-electron chi connectivity index (χ2n) is 7.74. The van der Waals surface area contributed by atoms with Crippen LogP contribution in [0.4, 0.5) is 0 Å². The first-order chi connectivity index (χ1) is 16.7. The Morgan fingerprint density at radius 1 is 0.765 bits per heavy atom. The Morgan fingerprint density at radius 3 is 2.21 bits per heavy atom. The molecule has 0 radical (unpaired) electrons. The van der Waals surface area contributed by atoms with Crippen LogP contribution in [0.5, 0.6) is 0 Å². The smallest absolute Gasteiger partial charge is 0.339 e. The van der Waals surface area contributed by atoms with Gasteiger partial charge in [-0.3, -0.25) is 9.78 Å². The fourth-order valence-electron chi connectivity index (χ4n) is 3.83. The van der Waals surface area contributed by atoms with Gasteiger partial charge in [0.2, 0.25) is 5.78 Å². The van der Waals surface area contributed by atoms with Crippen molar-refractivity contribution in [1.82, 2.24) is 9.97 Å². The van der Waals surface area contributed by atoms with Crippen LogP contribution in [0.3, 0.4) is 0 Å². The first kappa shape index (κ1) is 21.2. The number of Topliss-reactive ketones (excluding diaryl/α,β-unsaturated/α-hetero) is 1. The van der Waals surface area contributed by atoms with Crippen LogP contribution in [-0.4, -0.2) is 21.7 Å². The number of ether oxygens (including phenoxy) is 1. The van der Waals surface area contributed by atoms with Crippen molar-refractivity contribution in [3.63, 3.8) is 0 Å². The summed E-state index contributed by atoms with van der Waals surface area (Å²) in [4.78, 5) is 35.8. The molecule has 5 nitrogen and oxygen atoms in total. The molecule has 0 aliphatic rings. The van der Waals surface area contributed by atoms with Gasteiger partial charge in [-0.05, 0) is 24.3 Å². The van der Waals surface area contributed by atoms with Crippen molar-refractivity contribution in [3.05, 3.63) is 132 Å². The highest BCUT2D eigenvalue weighted by Crippen LogP contribution is 2.28. The average Bonchev–Trinajstić information content (AvgIpc) is 2.92. The number of carbonyl (C=O) groups is 2. The number of para-hydroxylation sites is 1. The van der Waals surface area contributed by atoms with Crippen molar-refractivity contribution >= 4 is 22.7 Å². The van der Waals surface area contributed by atoms with Gasteiger partial charge in [0.15, 0.2) is 6.10 Å². The van der Waals surface area contributed by atoms with E-state index in [4.69, 9.17) is 9.72 Å². The third-order valence-electron chi connectivity index (χ3n) is 5.52. The lowest BCUT2D eigenvalue weighted by Gasteiger charge is -2.18. The van der Waals surface area contributed by atoms with Crippen LogP contribution in [-0.2, 0) is 4.74 Å². The number of pyridine rings is 2. The number of aromatic nitrogens is 2. The van der Waals surface area contributed by atoms with Crippen LogP contribution >= 0.6 is 0 Å². The monoisotopic (exact) mass is 444 g/mol. The third-order valence-corrected chi connectivity index (χ3v) is 5.52. The minimum atomic E-state index is -1.08. The zero-order chi connectivity index (χ0) is 23.3. The first-order valence-electron chi connectivity index (χ1n) is 10.9. The highest BCUT2D eigenvalue weighted by molar-refractivity contribution is 6.07. The zero-order valence-corrected chi connectivity index (χ0v) is 18.2. The SMILES string of the molecule is O=C(OC(C(=O)c1ccccc1)c1ccccc1)c1cc(-c2cccnc2)nc2ccccc12. The maximum Gasteiger partial charge on any atom is 0.339 e. The number of fused-ring (bicyclic) bond motifs is 1. The topological polar surface area (TPSA) is 69.2 Å². The van der Waals surface area contributed by atoms with E-state index in [2.05, 4.69) is 4.98 Å². The summed E-state index contributed by atoms with van der Waals surface area (Å²) in [6.45, 7) is 0. The van der Waals surface area contributed by atoms with Gasteiger partial charge >= 0.3 is 5.97 Å². The lowest BCUT2D eigenvalue weighted by Crippen LogP contribution is -2.20.